The summed E-state index contributed by atoms with van der Waals surface area (Å²) in [5, 5.41) is 3.72. The number of esters is 1. The SMILES string of the molecule is Cn1c(=O)n(COC(=O)C(F)(F)F)c(=O)c2c1nc(N1CCC3=C1CNC3)n2Cc1ccccc1Cl. The number of alkyl halides is 3. The molecular weight excluding hydrogens is 505 g/mol. The monoisotopic (exact) mass is 524 g/mol. The molecule has 0 spiro atoms. The Labute approximate surface area is 206 Å². The summed E-state index contributed by atoms with van der Waals surface area (Å²) in [6, 6.07) is 7.00. The van der Waals surface area contributed by atoms with Crippen molar-refractivity contribution in [2.75, 3.05) is 24.5 Å². The quantitative estimate of drug-likeness (QED) is 0.507. The molecule has 36 heavy (non-hydrogen) atoms. The number of aromatic nitrogens is 4. The lowest BCUT2D eigenvalue weighted by atomic mass is 10.2. The molecule has 3 aromatic rings. The van der Waals surface area contributed by atoms with E-state index in [0.717, 1.165) is 23.2 Å². The van der Waals surface area contributed by atoms with Crippen LogP contribution in [-0.4, -0.2) is 50.5 Å². The fourth-order valence-corrected chi connectivity index (χ4v) is 4.71. The molecule has 10 nitrogen and oxygen atoms in total. The summed E-state index contributed by atoms with van der Waals surface area (Å²) in [5.74, 6) is -2.11. The van der Waals surface area contributed by atoms with Crippen LogP contribution in [0.2, 0.25) is 5.02 Å². The molecule has 2 aliphatic rings. The topological polar surface area (TPSA) is 103 Å². The number of fused-ring (bicyclic) bond motifs is 1. The number of imidazole rings is 1. The van der Waals surface area contributed by atoms with Crippen LogP contribution in [0.3, 0.4) is 0 Å². The fourth-order valence-electron chi connectivity index (χ4n) is 4.51. The van der Waals surface area contributed by atoms with Crippen LogP contribution < -0.4 is 21.5 Å². The van der Waals surface area contributed by atoms with Crippen molar-refractivity contribution in [3.63, 3.8) is 0 Å². The molecule has 1 aromatic carbocycles. The molecule has 4 heterocycles. The van der Waals surface area contributed by atoms with Crippen LogP contribution in [0.1, 0.15) is 12.0 Å². The summed E-state index contributed by atoms with van der Waals surface area (Å²) >= 11 is 6.38. The molecule has 5 rings (SSSR count). The molecular formula is C22H20ClF3N6O4. The highest BCUT2D eigenvalue weighted by Gasteiger charge is 2.41. The van der Waals surface area contributed by atoms with Crippen molar-refractivity contribution in [1.29, 1.82) is 0 Å². The first-order chi connectivity index (χ1) is 17.1. The first kappa shape index (κ1) is 24.1. The average molecular weight is 525 g/mol. The van der Waals surface area contributed by atoms with Crippen molar-refractivity contribution in [1.82, 2.24) is 24.0 Å². The lowest BCUT2D eigenvalue weighted by molar-refractivity contribution is -0.203. The van der Waals surface area contributed by atoms with Crippen molar-refractivity contribution in [2.45, 2.75) is 25.9 Å². The van der Waals surface area contributed by atoms with Crippen molar-refractivity contribution in [3.8, 4) is 0 Å². The second kappa shape index (κ2) is 8.82. The number of hydrogen-bond acceptors (Lipinski definition) is 7. The van der Waals surface area contributed by atoms with Gasteiger partial charge in [0.1, 0.15) is 0 Å². The van der Waals surface area contributed by atoms with Gasteiger partial charge in [0.15, 0.2) is 17.9 Å². The highest BCUT2D eigenvalue weighted by molar-refractivity contribution is 6.31. The molecule has 0 radical (unpaired) electrons. The molecule has 0 fully saturated rings. The van der Waals surface area contributed by atoms with Crippen molar-refractivity contribution in [3.05, 3.63) is 67.0 Å². The molecule has 0 amide bonds. The second-order valence-electron chi connectivity index (χ2n) is 8.45. The van der Waals surface area contributed by atoms with E-state index in [1.807, 2.05) is 4.90 Å². The van der Waals surface area contributed by atoms with Crippen molar-refractivity contribution in [2.24, 2.45) is 7.05 Å². The van der Waals surface area contributed by atoms with Gasteiger partial charge in [-0.1, -0.05) is 29.8 Å². The molecule has 0 saturated carbocycles. The minimum atomic E-state index is -5.27. The van der Waals surface area contributed by atoms with Crippen LogP contribution in [0.15, 0.2) is 45.1 Å². The average Bonchev–Trinajstić information content (AvgIpc) is 3.53. The van der Waals surface area contributed by atoms with Crippen LogP contribution in [0.4, 0.5) is 19.1 Å². The Morgan fingerprint density at radius 3 is 2.67 bits per heavy atom. The number of carbonyl (C=O) groups excluding carboxylic acids is 1. The lowest BCUT2D eigenvalue weighted by Gasteiger charge is -2.22. The van der Waals surface area contributed by atoms with Crippen LogP contribution in [-0.2, 0) is 29.9 Å². The highest BCUT2D eigenvalue weighted by Crippen LogP contribution is 2.33. The van der Waals surface area contributed by atoms with Gasteiger partial charge < -0.3 is 15.0 Å². The van der Waals surface area contributed by atoms with E-state index in [0.29, 0.717) is 34.2 Å². The zero-order chi connectivity index (χ0) is 25.8. The number of benzene rings is 1. The minimum absolute atomic E-state index is 0.0323. The molecule has 0 saturated heterocycles. The number of rotatable bonds is 5. The third-order valence-corrected chi connectivity index (χ3v) is 6.67. The summed E-state index contributed by atoms with van der Waals surface area (Å²) in [4.78, 5) is 44.1. The Morgan fingerprint density at radius 1 is 1.19 bits per heavy atom. The Bertz CT molecular complexity index is 1540. The number of anilines is 1. The molecule has 1 N–H and O–H groups in total. The van der Waals surface area contributed by atoms with E-state index in [1.165, 1.54) is 12.6 Å². The maximum absolute atomic E-state index is 13.5. The Hall–Kier alpha value is -3.58. The third kappa shape index (κ3) is 3.97. The van der Waals surface area contributed by atoms with Gasteiger partial charge in [0.05, 0.1) is 6.54 Å². The van der Waals surface area contributed by atoms with Gasteiger partial charge in [-0.3, -0.25) is 13.9 Å². The standard InChI is InChI=1S/C22H20ClF3N6O4/c1-29-17-16(18(33)32(21(29)35)11-36-19(34)22(24,25)26)31(10-13-4-2-3-5-14(13)23)20(28-17)30-7-6-12-8-27-9-15(12)30/h2-5,27H,6-11H2,1H3. The molecule has 0 bridgehead atoms. The summed E-state index contributed by atoms with van der Waals surface area (Å²) in [6.07, 6.45) is -4.47. The van der Waals surface area contributed by atoms with Crippen LogP contribution >= 0.6 is 11.6 Å². The first-order valence-electron chi connectivity index (χ1n) is 10.9. The predicted molar refractivity (Wildman–Crippen MR) is 124 cm³/mol. The van der Waals surface area contributed by atoms with Crippen LogP contribution in [0.25, 0.3) is 11.2 Å². The normalized spacial score (nSPS) is 15.8. The Morgan fingerprint density at radius 2 is 1.94 bits per heavy atom. The Kier molecular flexibility index (Phi) is 5.91. The van der Waals surface area contributed by atoms with E-state index in [9.17, 15) is 27.6 Å². The number of hydrogen-bond donors (Lipinski definition) is 1. The van der Waals surface area contributed by atoms with E-state index in [4.69, 9.17) is 11.6 Å². The van der Waals surface area contributed by atoms with Gasteiger partial charge in [-0.25, -0.2) is 14.2 Å². The maximum atomic E-state index is 13.5. The number of nitrogens with one attached hydrogen (secondary N) is 1. The summed E-state index contributed by atoms with van der Waals surface area (Å²) in [7, 11) is 1.34. The molecule has 0 aliphatic carbocycles. The van der Waals surface area contributed by atoms with E-state index in [1.54, 1.807) is 28.8 Å². The predicted octanol–water partition coefficient (Wildman–Crippen LogP) is 1.73. The summed E-state index contributed by atoms with van der Waals surface area (Å²) in [6.45, 7) is 0.875. The largest absolute Gasteiger partial charge is 0.490 e. The van der Waals surface area contributed by atoms with Crippen LogP contribution in [0.5, 0.6) is 0 Å². The smallest absolute Gasteiger partial charge is 0.437 e. The highest BCUT2D eigenvalue weighted by atomic mass is 35.5. The number of carbonyl (C=O) groups is 1. The zero-order valence-electron chi connectivity index (χ0n) is 18.9. The molecule has 2 aliphatic heterocycles. The number of ether oxygens (including phenoxy) is 1. The lowest BCUT2D eigenvalue weighted by Crippen LogP contribution is -2.41. The number of halogens is 4. The van der Waals surface area contributed by atoms with Gasteiger partial charge in [-0.15, -0.1) is 0 Å². The fraction of sp³-hybridized carbons (Fsp3) is 0.364. The minimum Gasteiger partial charge on any atom is -0.437 e. The van der Waals surface area contributed by atoms with Gasteiger partial charge in [0, 0.05) is 37.4 Å². The molecule has 0 atom stereocenters. The van der Waals surface area contributed by atoms with E-state index >= 15 is 0 Å². The Balaban J connectivity index is 1.70. The van der Waals surface area contributed by atoms with Gasteiger partial charge >= 0.3 is 17.8 Å². The van der Waals surface area contributed by atoms with Crippen molar-refractivity contribution < 1.29 is 22.7 Å². The molecule has 190 valence electrons. The van der Waals surface area contributed by atoms with Crippen molar-refractivity contribution >= 4 is 34.7 Å². The van der Waals surface area contributed by atoms with Gasteiger partial charge in [-0.05, 0) is 23.6 Å². The van der Waals surface area contributed by atoms with Gasteiger partial charge in [0.25, 0.3) is 5.56 Å². The van der Waals surface area contributed by atoms with Crippen LogP contribution in [0, 0.1) is 0 Å². The number of aryl methyl sites for hydroxylation is 1. The van der Waals surface area contributed by atoms with E-state index < -0.39 is 30.1 Å². The molecule has 0 unspecified atom stereocenters. The summed E-state index contributed by atoms with van der Waals surface area (Å²) < 4.78 is 45.2. The maximum Gasteiger partial charge on any atom is 0.490 e. The van der Waals surface area contributed by atoms with E-state index in [2.05, 4.69) is 15.0 Å². The summed E-state index contributed by atoms with van der Waals surface area (Å²) in [5.41, 5.74) is 1.01. The third-order valence-electron chi connectivity index (χ3n) is 6.30. The number of nitrogens with zero attached hydrogens (tertiary/aromatic N) is 5. The first-order valence-corrected chi connectivity index (χ1v) is 11.3. The van der Waals surface area contributed by atoms with Gasteiger partial charge in [0.2, 0.25) is 5.95 Å². The van der Waals surface area contributed by atoms with Gasteiger partial charge in [-0.2, -0.15) is 18.2 Å². The zero-order valence-corrected chi connectivity index (χ0v) is 19.7. The molecule has 14 heteroatoms. The van der Waals surface area contributed by atoms with E-state index in [-0.39, 0.29) is 17.7 Å². The second-order valence-corrected chi connectivity index (χ2v) is 8.86. The molecule has 2 aromatic heterocycles.